The summed E-state index contributed by atoms with van der Waals surface area (Å²) in [6.45, 7) is 6.94. The standard InChI is InChI=1S/C11H21N/c1-7(2)10-8-4-5-9(6-8)11(10,3)12/h7-10H,4-6,12H2,1-3H3/t8-,9+,10-,11+/m0/s1. The molecule has 2 N–H and O–H groups in total. The van der Waals surface area contributed by atoms with E-state index in [1.165, 1.54) is 19.3 Å². The van der Waals surface area contributed by atoms with Gasteiger partial charge in [0.1, 0.15) is 0 Å². The van der Waals surface area contributed by atoms with Crippen molar-refractivity contribution in [2.45, 2.75) is 45.6 Å². The predicted molar refractivity (Wildman–Crippen MR) is 51.8 cm³/mol. The maximum atomic E-state index is 6.41. The molecule has 12 heavy (non-hydrogen) atoms. The molecule has 2 rings (SSSR count). The molecule has 0 unspecified atom stereocenters. The second-order valence-electron chi connectivity index (χ2n) is 5.41. The molecule has 0 aliphatic heterocycles. The highest BCUT2D eigenvalue weighted by Crippen LogP contribution is 2.55. The molecule has 0 saturated heterocycles. The van der Waals surface area contributed by atoms with E-state index in [4.69, 9.17) is 5.73 Å². The van der Waals surface area contributed by atoms with Crippen LogP contribution in [0.15, 0.2) is 0 Å². The van der Waals surface area contributed by atoms with Crippen molar-refractivity contribution < 1.29 is 0 Å². The first-order valence-electron chi connectivity index (χ1n) is 5.32. The van der Waals surface area contributed by atoms with Crippen molar-refractivity contribution in [1.82, 2.24) is 0 Å². The summed E-state index contributed by atoms with van der Waals surface area (Å²) in [7, 11) is 0. The largest absolute Gasteiger partial charge is 0.325 e. The Morgan fingerprint density at radius 3 is 2.33 bits per heavy atom. The quantitative estimate of drug-likeness (QED) is 0.637. The molecular weight excluding hydrogens is 146 g/mol. The average Bonchev–Trinajstić information content (AvgIpc) is 2.41. The summed E-state index contributed by atoms with van der Waals surface area (Å²) in [6, 6.07) is 0. The topological polar surface area (TPSA) is 26.0 Å². The molecule has 0 amide bonds. The van der Waals surface area contributed by atoms with Crippen molar-refractivity contribution in [3.05, 3.63) is 0 Å². The van der Waals surface area contributed by atoms with Gasteiger partial charge in [0, 0.05) is 5.54 Å². The van der Waals surface area contributed by atoms with Crippen LogP contribution in [-0.4, -0.2) is 5.54 Å². The molecule has 0 aromatic rings. The summed E-state index contributed by atoms with van der Waals surface area (Å²) in [5.41, 5.74) is 6.56. The van der Waals surface area contributed by atoms with E-state index in [1.807, 2.05) is 0 Å². The van der Waals surface area contributed by atoms with Crippen molar-refractivity contribution in [3.63, 3.8) is 0 Å². The fourth-order valence-corrected chi connectivity index (χ4v) is 3.95. The Morgan fingerprint density at radius 2 is 2.00 bits per heavy atom. The number of fused-ring (bicyclic) bond motifs is 2. The first kappa shape index (κ1) is 8.55. The molecule has 70 valence electrons. The molecule has 4 atom stereocenters. The van der Waals surface area contributed by atoms with Crippen LogP contribution in [0.5, 0.6) is 0 Å². The molecule has 2 aliphatic carbocycles. The van der Waals surface area contributed by atoms with Gasteiger partial charge >= 0.3 is 0 Å². The lowest BCUT2D eigenvalue weighted by Crippen LogP contribution is -2.50. The maximum Gasteiger partial charge on any atom is 0.0188 e. The van der Waals surface area contributed by atoms with E-state index in [0.29, 0.717) is 0 Å². The van der Waals surface area contributed by atoms with Crippen LogP contribution in [0.2, 0.25) is 0 Å². The van der Waals surface area contributed by atoms with Crippen LogP contribution in [0, 0.1) is 23.7 Å². The van der Waals surface area contributed by atoms with Gasteiger partial charge in [-0.15, -0.1) is 0 Å². The summed E-state index contributed by atoms with van der Waals surface area (Å²) < 4.78 is 0. The zero-order valence-corrected chi connectivity index (χ0v) is 8.51. The van der Waals surface area contributed by atoms with Crippen molar-refractivity contribution in [2.75, 3.05) is 0 Å². The lowest BCUT2D eigenvalue weighted by Gasteiger charge is -2.40. The van der Waals surface area contributed by atoms with E-state index in [9.17, 15) is 0 Å². The van der Waals surface area contributed by atoms with Crippen LogP contribution in [0.25, 0.3) is 0 Å². The monoisotopic (exact) mass is 167 g/mol. The second kappa shape index (κ2) is 2.47. The zero-order valence-electron chi connectivity index (χ0n) is 8.51. The van der Waals surface area contributed by atoms with Gasteiger partial charge in [0.05, 0.1) is 0 Å². The Kier molecular flexibility index (Phi) is 1.76. The Labute approximate surface area is 75.7 Å². The molecule has 2 bridgehead atoms. The Hall–Kier alpha value is -0.0400. The van der Waals surface area contributed by atoms with E-state index in [0.717, 1.165) is 23.7 Å². The minimum Gasteiger partial charge on any atom is -0.325 e. The highest BCUT2D eigenvalue weighted by Gasteiger charge is 2.53. The minimum absolute atomic E-state index is 0.150. The van der Waals surface area contributed by atoms with Crippen LogP contribution in [0.3, 0.4) is 0 Å². The van der Waals surface area contributed by atoms with Crippen LogP contribution in [0.4, 0.5) is 0 Å². The average molecular weight is 167 g/mol. The number of rotatable bonds is 1. The fraction of sp³-hybridized carbons (Fsp3) is 1.00. The van der Waals surface area contributed by atoms with Crippen LogP contribution in [0.1, 0.15) is 40.0 Å². The van der Waals surface area contributed by atoms with Gasteiger partial charge in [-0.05, 0) is 49.9 Å². The highest BCUT2D eigenvalue weighted by molar-refractivity contribution is 5.08. The summed E-state index contributed by atoms with van der Waals surface area (Å²) in [6.07, 6.45) is 4.25. The number of nitrogens with two attached hydrogens (primary N) is 1. The molecule has 0 aromatic heterocycles. The third kappa shape index (κ3) is 0.953. The molecule has 2 saturated carbocycles. The molecule has 1 nitrogen and oxygen atoms in total. The molecule has 0 heterocycles. The molecule has 0 spiro atoms. The van der Waals surface area contributed by atoms with Crippen LogP contribution < -0.4 is 5.73 Å². The van der Waals surface area contributed by atoms with Gasteiger partial charge in [-0.1, -0.05) is 13.8 Å². The molecule has 0 radical (unpaired) electrons. The molecule has 0 aromatic carbocycles. The van der Waals surface area contributed by atoms with Crippen LogP contribution >= 0.6 is 0 Å². The number of hydrogen-bond acceptors (Lipinski definition) is 1. The van der Waals surface area contributed by atoms with Crippen molar-refractivity contribution in [1.29, 1.82) is 0 Å². The minimum atomic E-state index is 0.150. The first-order chi connectivity index (χ1) is 5.53. The Morgan fingerprint density at radius 1 is 1.33 bits per heavy atom. The van der Waals surface area contributed by atoms with Gasteiger partial charge in [-0.3, -0.25) is 0 Å². The first-order valence-corrected chi connectivity index (χ1v) is 5.32. The van der Waals surface area contributed by atoms with Crippen molar-refractivity contribution in [2.24, 2.45) is 29.4 Å². The summed E-state index contributed by atoms with van der Waals surface area (Å²) in [4.78, 5) is 0. The fourth-order valence-electron chi connectivity index (χ4n) is 3.95. The van der Waals surface area contributed by atoms with Gasteiger partial charge in [0.25, 0.3) is 0 Å². The maximum absolute atomic E-state index is 6.41. The van der Waals surface area contributed by atoms with E-state index >= 15 is 0 Å². The van der Waals surface area contributed by atoms with Gasteiger partial charge in [0.15, 0.2) is 0 Å². The van der Waals surface area contributed by atoms with E-state index < -0.39 is 0 Å². The van der Waals surface area contributed by atoms with Gasteiger partial charge in [-0.2, -0.15) is 0 Å². The zero-order chi connectivity index (χ0) is 8.93. The molecular formula is C11H21N. The summed E-state index contributed by atoms with van der Waals surface area (Å²) >= 11 is 0. The van der Waals surface area contributed by atoms with E-state index in [1.54, 1.807) is 0 Å². The second-order valence-corrected chi connectivity index (χ2v) is 5.41. The third-order valence-corrected chi connectivity index (χ3v) is 4.30. The lowest BCUT2D eigenvalue weighted by atomic mass is 9.70. The lowest BCUT2D eigenvalue weighted by molar-refractivity contribution is 0.145. The molecule has 2 fully saturated rings. The normalized spacial score (nSPS) is 52.2. The smallest absolute Gasteiger partial charge is 0.0188 e. The number of hydrogen-bond donors (Lipinski definition) is 1. The third-order valence-electron chi connectivity index (χ3n) is 4.30. The van der Waals surface area contributed by atoms with E-state index in [-0.39, 0.29) is 5.54 Å². The summed E-state index contributed by atoms with van der Waals surface area (Å²) in [5, 5.41) is 0. The molecule has 1 heteroatoms. The van der Waals surface area contributed by atoms with Crippen molar-refractivity contribution >= 4 is 0 Å². The highest BCUT2D eigenvalue weighted by atomic mass is 14.8. The molecule has 2 aliphatic rings. The Bertz CT molecular complexity index is 183. The SMILES string of the molecule is CC(C)[C@H]1[C@H]2CC[C@H](C2)[C@@]1(C)N. The predicted octanol–water partition coefficient (Wildman–Crippen LogP) is 2.41. The summed E-state index contributed by atoms with van der Waals surface area (Å²) in [5.74, 6) is 3.34. The van der Waals surface area contributed by atoms with E-state index in [2.05, 4.69) is 20.8 Å². The Balaban J connectivity index is 2.23. The van der Waals surface area contributed by atoms with Gasteiger partial charge < -0.3 is 5.73 Å². The van der Waals surface area contributed by atoms with Crippen LogP contribution in [-0.2, 0) is 0 Å². The van der Waals surface area contributed by atoms with Gasteiger partial charge in [-0.25, -0.2) is 0 Å². The van der Waals surface area contributed by atoms with Gasteiger partial charge in [0.2, 0.25) is 0 Å². The van der Waals surface area contributed by atoms with Crippen molar-refractivity contribution in [3.8, 4) is 0 Å².